The second-order valence-corrected chi connectivity index (χ2v) is 6.38. The lowest BCUT2D eigenvalue weighted by molar-refractivity contribution is -0.147. The number of nitrogens with zero attached hydrogens (tertiary/aromatic N) is 1. The van der Waals surface area contributed by atoms with Gasteiger partial charge in [-0.05, 0) is 38.8 Å². The zero-order valence-electron chi connectivity index (χ0n) is 13.4. The third-order valence-corrected chi connectivity index (χ3v) is 4.07. The first-order chi connectivity index (χ1) is 10.8. The number of aliphatic carboxylic acids is 1. The van der Waals surface area contributed by atoms with E-state index in [9.17, 15) is 14.4 Å². The molecular weight excluding hydrogens is 296 g/mol. The molecule has 0 bridgehead atoms. The first-order valence-corrected chi connectivity index (χ1v) is 7.71. The standard InChI is InChI=1S/C17H22N2O4/c1-17(2,16(22)23)18-14(20)13-9-6-10-19(11-13)15(21)12-7-4-3-5-8-12/h3-5,7-8,13H,6,9-11H2,1-2H3,(H,18,20)(H,22,23). The molecule has 1 heterocycles. The summed E-state index contributed by atoms with van der Waals surface area (Å²) in [7, 11) is 0. The predicted molar refractivity (Wildman–Crippen MR) is 84.9 cm³/mol. The normalized spacial score (nSPS) is 18.3. The number of hydrogen-bond donors (Lipinski definition) is 2. The topological polar surface area (TPSA) is 86.7 Å². The number of rotatable bonds is 4. The number of carboxylic acids is 1. The van der Waals surface area contributed by atoms with Crippen molar-refractivity contribution in [1.82, 2.24) is 10.2 Å². The van der Waals surface area contributed by atoms with Gasteiger partial charge in [0.05, 0.1) is 5.92 Å². The van der Waals surface area contributed by atoms with E-state index in [1.807, 2.05) is 6.07 Å². The van der Waals surface area contributed by atoms with Crippen LogP contribution in [-0.4, -0.2) is 46.4 Å². The monoisotopic (exact) mass is 318 g/mol. The maximum atomic E-state index is 12.5. The van der Waals surface area contributed by atoms with Gasteiger partial charge in [-0.3, -0.25) is 9.59 Å². The van der Waals surface area contributed by atoms with Crippen LogP contribution in [0.15, 0.2) is 30.3 Å². The average molecular weight is 318 g/mol. The number of carbonyl (C=O) groups excluding carboxylic acids is 2. The van der Waals surface area contributed by atoms with E-state index in [0.29, 0.717) is 25.1 Å². The van der Waals surface area contributed by atoms with Crippen LogP contribution in [0.3, 0.4) is 0 Å². The van der Waals surface area contributed by atoms with Crippen LogP contribution in [0.5, 0.6) is 0 Å². The van der Waals surface area contributed by atoms with Crippen molar-refractivity contribution in [1.29, 1.82) is 0 Å². The molecule has 0 saturated carbocycles. The summed E-state index contributed by atoms with van der Waals surface area (Å²) >= 11 is 0. The summed E-state index contributed by atoms with van der Waals surface area (Å²) in [4.78, 5) is 37.6. The number of nitrogens with one attached hydrogen (secondary N) is 1. The van der Waals surface area contributed by atoms with E-state index in [1.54, 1.807) is 29.2 Å². The van der Waals surface area contributed by atoms with Gasteiger partial charge >= 0.3 is 5.97 Å². The molecule has 6 nitrogen and oxygen atoms in total. The molecule has 0 radical (unpaired) electrons. The highest BCUT2D eigenvalue weighted by molar-refractivity contribution is 5.95. The maximum Gasteiger partial charge on any atom is 0.328 e. The second kappa shape index (κ2) is 6.81. The minimum Gasteiger partial charge on any atom is -0.480 e. The maximum absolute atomic E-state index is 12.5. The molecule has 2 amide bonds. The summed E-state index contributed by atoms with van der Waals surface area (Å²) in [5.41, 5.74) is -0.720. The highest BCUT2D eigenvalue weighted by Crippen LogP contribution is 2.20. The van der Waals surface area contributed by atoms with Crippen molar-refractivity contribution in [3.63, 3.8) is 0 Å². The van der Waals surface area contributed by atoms with Gasteiger partial charge in [-0.15, -0.1) is 0 Å². The molecule has 2 N–H and O–H groups in total. The molecule has 1 aromatic rings. The fraction of sp³-hybridized carbons (Fsp3) is 0.471. The van der Waals surface area contributed by atoms with Gasteiger partial charge in [-0.1, -0.05) is 18.2 Å². The Bertz CT molecular complexity index is 598. The lowest BCUT2D eigenvalue weighted by atomic mass is 9.94. The smallest absolute Gasteiger partial charge is 0.328 e. The summed E-state index contributed by atoms with van der Waals surface area (Å²) in [6.45, 7) is 3.82. The van der Waals surface area contributed by atoms with Crippen LogP contribution in [0.1, 0.15) is 37.0 Å². The van der Waals surface area contributed by atoms with E-state index < -0.39 is 11.5 Å². The molecule has 1 atom stereocenters. The molecule has 2 rings (SSSR count). The van der Waals surface area contributed by atoms with Gasteiger partial charge in [-0.25, -0.2) is 4.79 Å². The first kappa shape index (κ1) is 17.0. The summed E-state index contributed by atoms with van der Waals surface area (Å²) < 4.78 is 0. The fourth-order valence-corrected chi connectivity index (χ4v) is 2.60. The molecular formula is C17H22N2O4. The zero-order chi connectivity index (χ0) is 17.0. The van der Waals surface area contributed by atoms with E-state index in [-0.39, 0.29) is 17.7 Å². The highest BCUT2D eigenvalue weighted by Gasteiger charge is 2.34. The van der Waals surface area contributed by atoms with Crippen molar-refractivity contribution in [3.05, 3.63) is 35.9 Å². The van der Waals surface area contributed by atoms with Crippen molar-refractivity contribution in [2.24, 2.45) is 5.92 Å². The van der Waals surface area contributed by atoms with Crippen molar-refractivity contribution in [2.75, 3.05) is 13.1 Å². The Kier molecular flexibility index (Phi) is 5.03. The Morgan fingerprint density at radius 2 is 1.87 bits per heavy atom. The van der Waals surface area contributed by atoms with Crippen molar-refractivity contribution in [3.8, 4) is 0 Å². The number of likely N-dealkylation sites (tertiary alicyclic amines) is 1. The Balaban J connectivity index is 2.02. The molecule has 23 heavy (non-hydrogen) atoms. The predicted octanol–water partition coefficient (Wildman–Crippen LogP) is 1.52. The van der Waals surface area contributed by atoms with Crippen LogP contribution in [0, 0.1) is 5.92 Å². The molecule has 1 aromatic carbocycles. The van der Waals surface area contributed by atoms with E-state index in [2.05, 4.69) is 5.32 Å². The van der Waals surface area contributed by atoms with Crippen LogP contribution in [0.25, 0.3) is 0 Å². The van der Waals surface area contributed by atoms with Gasteiger partial charge in [0.2, 0.25) is 5.91 Å². The third kappa shape index (κ3) is 4.09. The quantitative estimate of drug-likeness (QED) is 0.881. The summed E-state index contributed by atoms with van der Waals surface area (Å²) in [5, 5.41) is 11.6. The van der Waals surface area contributed by atoms with Gasteiger partial charge in [0.25, 0.3) is 5.91 Å². The van der Waals surface area contributed by atoms with E-state index >= 15 is 0 Å². The van der Waals surface area contributed by atoms with Gasteiger partial charge in [0.15, 0.2) is 0 Å². The van der Waals surface area contributed by atoms with Crippen molar-refractivity contribution < 1.29 is 19.5 Å². The highest BCUT2D eigenvalue weighted by atomic mass is 16.4. The first-order valence-electron chi connectivity index (χ1n) is 7.71. The number of amides is 2. The molecule has 0 aliphatic carbocycles. The molecule has 1 aliphatic rings. The number of carboxylic acid groups (broad SMARTS) is 1. The third-order valence-electron chi connectivity index (χ3n) is 4.07. The summed E-state index contributed by atoms with van der Waals surface area (Å²) in [6, 6.07) is 8.95. The van der Waals surface area contributed by atoms with Crippen LogP contribution in [0.2, 0.25) is 0 Å². The van der Waals surface area contributed by atoms with Crippen LogP contribution in [0.4, 0.5) is 0 Å². The lowest BCUT2D eigenvalue weighted by Gasteiger charge is -2.33. The molecule has 1 unspecified atom stereocenters. The average Bonchev–Trinajstić information content (AvgIpc) is 2.54. The Labute approximate surface area is 135 Å². The number of hydrogen-bond acceptors (Lipinski definition) is 3. The summed E-state index contributed by atoms with van der Waals surface area (Å²) in [5.74, 6) is -1.88. The number of benzene rings is 1. The van der Waals surface area contributed by atoms with Crippen LogP contribution >= 0.6 is 0 Å². The second-order valence-electron chi connectivity index (χ2n) is 6.38. The molecule has 6 heteroatoms. The number of carbonyl (C=O) groups is 3. The van der Waals surface area contributed by atoms with Crippen LogP contribution in [-0.2, 0) is 9.59 Å². The van der Waals surface area contributed by atoms with Gasteiger partial charge in [0, 0.05) is 18.7 Å². The van der Waals surface area contributed by atoms with E-state index in [0.717, 1.165) is 6.42 Å². The van der Waals surface area contributed by atoms with Crippen LogP contribution < -0.4 is 5.32 Å². The molecule has 1 aliphatic heterocycles. The molecule has 0 spiro atoms. The van der Waals surface area contributed by atoms with E-state index in [1.165, 1.54) is 13.8 Å². The Morgan fingerprint density at radius 1 is 1.22 bits per heavy atom. The largest absolute Gasteiger partial charge is 0.480 e. The van der Waals surface area contributed by atoms with Crippen molar-refractivity contribution in [2.45, 2.75) is 32.2 Å². The summed E-state index contributed by atoms with van der Waals surface area (Å²) in [6.07, 6.45) is 1.38. The lowest BCUT2D eigenvalue weighted by Crippen LogP contribution is -2.54. The SMILES string of the molecule is CC(C)(NC(=O)C1CCCN(C(=O)c2ccccc2)C1)C(=O)O. The molecule has 0 aromatic heterocycles. The molecule has 124 valence electrons. The Hall–Kier alpha value is -2.37. The van der Waals surface area contributed by atoms with Gasteiger partial charge in [0.1, 0.15) is 5.54 Å². The fourth-order valence-electron chi connectivity index (χ4n) is 2.60. The Morgan fingerprint density at radius 3 is 2.48 bits per heavy atom. The van der Waals surface area contributed by atoms with Crippen molar-refractivity contribution >= 4 is 17.8 Å². The zero-order valence-corrected chi connectivity index (χ0v) is 13.4. The number of piperidine rings is 1. The molecule has 1 fully saturated rings. The molecule has 1 saturated heterocycles. The van der Waals surface area contributed by atoms with Gasteiger partial charge < -0.3 is 15.3 Å². The minimum atomic E-state index is -1.32. The minimum absolute atomic E-state index is 0.0967. The van der Waals surface area contributed by atoms with Gasteiger partial charge in [-0.2, -0.15) is 0 Å². The van der Waals surface area contributed by atoms with E-state index in [4.69, 9.17) is 5.11 Å².